The minimum Gasteiger partial charge on any atom is -0.0628 e. The molecule has 0 aromatic rings. The summed E-state index contributed by atoms with van der Waals surface area (Å²) in [6.07, 6.45) is 7.11. The Kier molecular flexibility index (Phi) is 9.00. The van der Waals surface area contributed by atoms with Crippen molar-refractivity contribution in [2.45, 2.75) is 80.6 Å². The van der Waals surface area contributed by atoms with Gasteiger partial charge in [-0.2, -0.15) is 0 Å². The zero-order valence-corrected chi connectivity index (χ0v) is 13.4. The predicted octanol–water partition coefficient (Wildman–Crippen LogP) is 6.16. The molecule has 104 valence electrons. The molecule has 2 unspecified atom stereocenters. The maximum absolute atomic E-state index is 2.47. The van der Waals surface area contributed by atoms with Gasteiger partial charge in [0.15, 0.2) is 0 Å². The fourth-order valence-electron chi connectivity index (χ4n) is 2.96. The monoisotopic (exact) mass is 240 g/mol. The Labute approximate surface area is 111 Å². The highest BCUT2D eigenvalue weighted by Crippen LogP contribution is 2.30. The zero-order chi connectivity index (χ0) is 13.4. The molecule has 0 heterocycles. The van der Waals surface area contributed by atoms with Crippen LogP contribution < -0.4 is 0 Å². The largest absolute Gasteiger partial charge is 0.0628 e. The van der Waals surface area contributed by atoms with Gasteiger partial charge in [0.05, 0.1) is 0 Å². The Morgan fingerprint density at radius 2 is 1.12 bits per heavy atom. The summed E-state index contributed by atoms with van der Waals surface area (Å²) in [5, 5.41) is 0. The maximum atomic E-state index is 2.47. The molecule has 0 nitrogen and oxygen atoms in total. The normalized spacial score (nSPS) is 15.9. The summed E-state index contributed by atoms with van der Waals surface area (Å²) < 4.78 is 0. The van der Waals surface area contributed by atoms with Crippen molar-refractivity contribution in [2.24, 2.45) is 29.6 Å². The van der Waals surface area contributed by atoms with Crippen molar-refractivity contribution in [3.63, 3.8) is 0 Å². The highest BCUT2D eigenvalue weighted by Gasteiger charge is 2.19. The first-order valence-electron chi connectivity index (χ1n) is 7.82. The van der Waals surface area contributed by atoms with Gasteiger partial charge < -0.3 is 0 Å². The Balaban J connectivity index is 4.12. The van der Waals surface area contributed by atoms with Crippen molar-refractivity contribution < 1.29 is 0 Å². The fourth-order valence-corrected chi connectivity index (χ4v) is 2.96. The lowest BCUT2D eigenvalue weighted by Crippen LogP contribution is -2.16. The molecule has 0 saturated heterocycles. The molecule has 0 aliphatic carbocycles. The van der Waals surface area contributed by atoms with Crippen LogP contribution in [0.5, 0.6) is 0 Å². The molecular formula is C17H36. The molecule has 17 heavy (non-hydrogen) atoms. The summed E-state index contributed by atoms with van der Waals surface area (Å²) >= 11 is 0. The zero-order valence-electron chi connectivity index (χ0n) is 13.4. The maximum Gasteiger partial charge on any atom is -0.0386 e. The second-order valence-electron chi connectivity index (χ2n) is 7.32. The molecule has 0 radical (unpaired) electrons. The first-order chi connectivity index (χ1) is 7.82. The van der Waals surface area contributed by atoms with Gasteiger partial charge in [-0.15, -0.1) is 0 Å². The predicted molar refractivity (Wildman–Crippen MR) is 80.3 cm³/mol. The van der Waals surface area contributed by atoms with E-state index in [1.165, 1.54) is 32.1 Å². The molecular weight excluding hydrogens is 204 g/mol. The van der Waals surface area contributed by atoms with Crippen molar-refractivity contribution >= 4 is 0 Å². The SMILES string of the molecule is CC(C)CCCC(CC(C)C)C(C)CC(C)C. The third-order valence-corrected chi connectivity index (χ3v) is 3.78. The second kappa shape index (κ2) is 9.00. The Hall–Kier alpha value is 0. The molecule has 2 atom stereocenters. The molecule has 0 aliphatic heterocycles. The molecule has 0 aromatic carbocycles. The Morgan fingerprint density at radius 3 is 1.53 bits per heavy atom. The molecule has 0 aromatic heterocycles. The minimum atomic E-state index is 0.852. The van der Waals surface area contributed by atoms with Crippen LogP contribution in [0.3, 0.4) is 0 Å². The smallest absolute Gasteiger partial charge is 0.0386 e. The van der Waals surface area contributed by atoms with Crippen LogP contribution in [0.1, 0.15) is 80.6 Å². The number of hydrogen-bond donors (Lipinski definition) is 0. The van der Waals surface area contributed by atoms with Gasteiger partial charge >= 0.3 is 0 Å². The van der Waals surface area contributed by atoms with E-state index in [1.807, 2.05) is 0 Å². The topological polar surface area (TPSA) is 0 Å². The molecule has 0 amide bonds. The van der Waals surface area contributed by atoms with E-state index in [0.29, 0.717) is 0 Å². The average molecular weight is 240 g/mol. The molecule has 0 aliphatic rings. The lowest BCUT2D eigenvalue weighted by atomic mass is 9.79. The first kappa shape index (κ1) is 17.0. The van der Waals surface area contributed by atoms with Gasteiger partial charge in [-0.25, -0.2) is 0 Å². The molecule has 0 heteroatoms. The fraction of sp³-hybridized carbons (Fsp3) is 1.00. The minimum absolute atomic E-state index is 0.852. The van der Waals surface area contributed by atoms with E-state index >= 15 is 0 Å². The lowest BCUT2D eigenvalue weighted by molar-refractivity contribution is 0.239. The summed E-state index contributed by atoms with van der Waals surface area (Å²) in [6.45, 7) is 16.6. The second-order valence-corrected chi connectivity index (χ2v) is 7.32. The molecule has 0 fully saturated rings. The van der Waals surface area contributed by atoms with Crippen LogP contribution in [-0.2, 0) is 0 Å². The average Bonchev–Trinajstić information content (AvgIpc) is 2.13. The summed E-state index contributed by atoms with van der Waals surface area (Å²) in [5.74, 6) is 4.44. The van der Waals surface area contributed by atoms with E-state index in [4.69, 9.17) is 0 Å². The summed E-state index contributed by atoms with van der Waals surface area (Å²) in [5.41, 5.74) is 0. The van der Waals surface area contributed by atoms with Gasteiger partial charge in [0.2, 0.25) is 0 Å². The van der Waals surface area contributed by atoms with Crippen LogP contribution in [0.15, 0.2) is 0 Å². The molecule has 0 rings (SSSR count). The highest BCUT2D eigenvalue weighted by atomic mass is 14.2. The van der Waals surface area contributed by atoms with E-state index in [9.17, 15) is 0 Å². The van der Waals surface area contributed by atoms with Crippen LogP contribution >= 0.6 is 0 Å². The van der Waals surface area contributed by atoms with Crippen LogP contribution in [0.25, 0.3) is 0 Å². The molecule has 0 N–H and O–H groups in total. The van der Waals surface area contributed by atoms with Gasteiger partial charge in [0, 0.05) is 0 Å². The molecule has 0 spiro atoms. The third kappa shape index (κ3) is 9.68. The first-order valence-corrected chi connectivity index (χ1v) is 7.82. The van der Waals surface area contributed by atoms with E-state index < -0.39 is 0 Å². The Bertz CT molecular complexity index is 167. The van der Waals surface area contributed by atoms with Gasteiger partial charge in [-0.05, 0) is 42.4 Å². The lowest BCUT2D eigenvalue weighted by Gasteiger charge is -2.27. The van der Waals surface area contributed by atoms with Gasteiger partial charge in [0.1, 0.15) is 0 Å². The number of rotatable bonds is 9. The van der Waals surface area contributed by atoms with E-state index in [2.05, 4.69) is 48.5 Å². The number of hydrogen-bond acceptors (Lipinski definition) is 0. The van der Waals surface area contributed by atoms with E-state index in [0.717, 1.165) is 29.6 Å². The van der Waals surface area contributed by atoms with Crippen LogP contribution in [-0.4, -0.2) is 0 Å². The van der Waals surface area contributed by atoms with Gasteiger partial charge in [-0.3, -0.25) is 0 Å². The van der Waals surface area contributed by atoms with Crippen molar-refractivity contribution in [3.05, 3.63) is 0 Å². The van der Waals surface area contributed by atoms with Crippen molar-refractivity contribution in [2.75, 3.05) is 0 Å². The van der Waals surface area contributed by atoms with Crippen molar-refractivity contribution in [3.8, 4) is 0 Å². The third-order valence-electron chi connectivity index (χ3n) is 3.78. The standard InChI is InChI=1S/C17H36/c1-13(2)9-8-10-17(12-15(5)6)16(7)11-14(3)4/h13-17H,8-12H2,1-7H3. The summed E-state index contributed by atoms with van der Waals surface area (Å²) in [7, 11) is 0. The molecule has 0 bridgehead atoms. The Morgan fingerprint density at radius 1 is 0.588 bits per heavy atom. The highest BCUT2D eigenvalue weighted by molar-refractivity contribution is 4.70. The van der Waals surface area contributed by atoms with E-state index in [-0.39, 0.29) is 0 Å². The van der Waals surface area contributed by atoms with Crippen molar-refractivity contribution in [1.82, 2.24) is 0 Å². The van der Waals surface area contributed by atoms with Gasteiger partial charge in [0.25, 0.3) is 0 Å². The molecule has 0 saturated carbocycles. The quantitative estimate of drug-likeness (QED) is 0.453. The van der Waals surface area contributed by atoms with Crippen molar-refractivity contribution in [1.29, 1.82) is 0 Å². The van der Waals surface area contributed by atoms with Crippen LogP contribution in [0.4, 0.5) is 0 Å². The van der Waals surface area contributed by atoms with Crippen LogP contribution in [0.2, 0.25) is 0 Å². The summed E-state index contributed by atoms with van der Waals surface area (Å²) in [6, 6.07) is 0. The van der Waals surface area contributed by atoms with Gasteiger partial charge in [-0.1, -0.05) is 67.7 Å². The van der Waals surface area contributed by atoms with Crippen LogP contribution in [0, 0.1) is 29.6 Å². The summed E-state index contributed by atoms with van der Waals surface area (Å²) in [4.78, 5) is 0. The van der Waals surface area contributed by atoms with E-state index in [1.54, 1.807) is 0 Å².